The van der Waals surface area contributed by atoms with Crippen molar-refractivity contribution in [3.63, 3.8) is 0 Å². The van der Waals surface area contributed by atoms with E-state index in [2.05, 4.69) is 25.6 Å². The molecule has 2 aromatic rings. The summed E-state index contributed by atoms with van der Waals surface area (Å²) >= 11 is 3.42. The fourth-order valence-corrected chi connectivity index (χ4v) is 4.64. The van der Waals surface area contributed by atoms with Crippen LogP contribution in [0.15, 0.2) is 51.8 Å². The number of nitrogens with zero attached hydrogens (tertiary/aromatic N) is 1. The molecule has 0 aliphatic carbocycles. The Balaban J connectivity index is 0.00000280. The third kappa shape index (κ3) is 6.02. The van der Waals surface area contributed by atoms with Crippen LogP contribution in [0.3, 0.4) is 0 Å². The molecule has 0 amide bonds. The zero-order valence-electron chi connectivity index (χ0n) is 16.0. The van der Waals surface area contributed by atoms with Gasteiger partial charge in [-0.15, -0.1) is 12.4 Å². The fourth-order valence-electron chi connectivity index (χ4n) is 3.09. The van der Waals surface area contributed by atoms with Gasteiger partial charge in [-0.1, -0.05) is 45.8 Å². The van der Waals surface area contributed by atoms with Crippen molar-refractivity contribution in [1.82, 2.24) is 9.62 Å². The fraction of sp³-hybridized carbons (Fsp3) is 0.400. The molecule has 0 aromatic heterocycles. The van der Waals surface area contributed by atoms with Gasteiger partial charge in [0.2, 0.25) is 10.0 Å². The van der Waals surface area contributed by atoms with E-state index in [0.29, 0.717) is 19.8 Å². The Hall–Kier alpha value is -0.960. The molecule has 1 saturated heterocycles. The molecule has 1 aliphatic heterocycles. The molecule has 0 spiro atoms. The number of benzene rings is 2. The molecule has 28 heavy (non-hydrogen) atoms. The number of halogens is 2. The zero-order valence-corrected chi connectivity index (χ0v) is 19.2. The first kappa shape index (κ1) is 23.3. The van der Waals surface area contributed by atoms with E-state index in [-0.39, 0.29) is 23.3 Å². The first-order valence-corrected chi connectivity index (χ1v) is 11.3. The van der Waals surface area contributed by atoms with Gasteiger partial charge in [0.05, 0.1) is 24.2 Å². The van der Waals surface area contributed by atoms with E-state index in [1.807, 2.05) is 38.1 Å². The zero-order chi connectivity index (χ0) is 19.4. The predicted octanol–water partition coefficient (Wildman–Crippen LogP) is 3.84. The summed E-state index contributed by atoms with van der Waals surface area (Å²) in [5, 5.41) is 0. The second kappa shape index (κ2) is 10.2. The lowest BCUT2D eigenvalue weighted by Gasteiger charge is -2.31. The van der Waals surface area contributed by atoms with Gasteiger partial charge in [0, 0.05) is 24.1 Å². The molecule has 0 radical (unpaired) electrons. The molecule has 8 heteroatoms. The number of sulfonamides is 1. The Bertz CT molecular complexity index is 885. The van der Waals surface area contributed by atoms with Gasteiger partial charge in [-0.3, -0.25) is 4.90 Å². The molecule has 1 aliphatic rings. The van der Waals surface area contributed by atoms with Gasteiger partial charge in [-0.25, -0.2) is 13.1 Å². The van der Waals surface area contributed by atoms with Gasteiger partial charge in [0.25, 0.3) is 0 Å². The van der Waals surface area contributed by atoms with Crippen molar-refractivity contribution in [3.05, 3.63) is 63.6 Å². The lowest BCUT2D eigenvalue weighted by Crippen LogP contribution is -2.43. The number of ether oxygens (including phenoxy) is 1. The third-order valence-corrected chi connectivity index (χ3v) is 7.12. The minimum atomic E-state index is -3.64. The SMILES string of the molecule is Cc1ccc(C(CN2CCOCC2)NS(=O)(=O)c2ccc(Br)c(C)c2)cc1.Cl. The van der Waals surface area contributed by atoms with Gasteiger partial charge >= 0.3 is 0 Å². The third-order valence-electron chi connectivity index (χ3n) is 4.76. The van der Waals surface area contributed by atoms with Crippen LogP contribution in [-0.4, -0.2) is 46.2 Å². The highest BCUT2D eigenvalue weighted by Crippen LogP contribution is 2.23. The molecule has 0 bridgehead atoms. The van der Waals surface area contributed by atoms with Gasteiger partial charge in [-0.05, 0) is 43.2 Å². The maximum atomic E-state index is 13.0. The Morgan fingerprint density at radius 3 is 2.36 bits per heavy atom. The summed E-state index contributed by atoms with van der Waals surface area (Å²) in [5.74, 6) is 0. The molecular formula is C20H26BrClN2O3S. The molecular weight excluding hydrogens is 464 g/mol. The van der Waals surface area contributed by atoms with E-state index >= 15 is 0 Å². The quantitative estimate of drug-likeness (QED) is 0.670. The van der Waals surface area contributed by atoms with Crippen LogP contribution in [0.5, 0.6) is 0 Å². The number of aryl methyl sites for hydroxylation is 2. The first-order valence-electron chi connectivity index (χ1n) is 9.00. The van der Waals surface area contributed by atoms with Crippen LogP contribution in [0.2, 0.25) is 0 Å². The summed E-state index contributed by atoms with van der Waals surface area (Å²) in [6.07, 6.45) is 0. The van der Waals surface area contributed by atoms with E-state index in [1.54, 1.807) is 18.2 Å². The van der Waals surface area contributed by atoms with Crippen LogP contribution >= 0.6 is 28.3 Å². The monoisotopic (exact) mass is 488 g/mol. The van der Waals surface area contributed by atoms with Crippen molar-refractivity contribution < 1.29 is 13.2 Å². The standard InChI is InChI=1S/C20H25BrN2O3S.ClH/c1-15-3-5-17(6-4-15)20(14-23-9-11-26-12-10-23)22-27(24,25)18-7-8-19(21)16(2)13-18;/h3-8,13,20,22H,9-12,14H2,1-2H3;1H. The Kier molecular flexibility index (Phi) is 8.48. The van der Waals surface area contributed by atoms with E-state index in [4.69, 9.17) is 4.74 Å². The molecule has 1 unspecified atom stereocenters. The Morgan fingerprint density at radius 2 is 1.75 bits per heavy atom. The Morgan fingerprint density at radius 1 is 1.11 bits per heavy atom. The minimum Gasteiger partial charge on any atom is -0.379 e. The van der Waals surface area contributed by atoms with E-state index in [0.717, 1.165) is 34.3 Å². The van der Waals surface area contributed by atoms with Gasteiger partial charge < -0.3 is 4.74 Å². The molecule has 5 nitrogen and oxygen atoms in total. The van der Waals surface area contributed by atoms with Crippen LogP contribution in [-0.2, 0) is 14.8 Å². The van der Waals surface area contributed by atoms with Gasteiger partial charge in [-0.2, -0.15) is 0 Å². The smallest absolute Gasteiger partial charge is 0.241 e. The average molecular weight is 490 g/mol. The molecule has 0 saturated carbocycles. The van der Waals surface area contributed by atoms with E-state index in [9.17, 15) is 8.42 Å². The normalized spacial score (nSPS) is 16.4. The summed E-state index contributed by atoms with van der Waals surface area (Å²) < 4.78 is 35.3. The second-order valence-corrected chi connectivity index (χ2v) is 9.48. The molecule has 3 rings (SSSR count). The molecule has 2 aromatic carbocycles. The van der Waals surface area contributed by atoms with Crippen molar-refractivity contribution >= 4 is 38.4 Å². The minimum absolute atomic E-state index is 0. The topological polar surface area (TPSA) is 58.6 Å². The highest BCUT2D eigenvalue weighted by molar-refractivity contribution is 9.10. The molecule has 154 valence electrons. The summed E-state index contributed by atoms with van der Waals surface area (Å²) in [7, 11) is -3.64. The van der Waals surface area contributed by atoms with Crippen molar-refractivity contribution in [2.24, 2.45) is 0 Å². The largest absolute Gasteiger partial charge is 0.379 e. The number of morpholine rings is 1. The van der Waals surface area contributed by atoms with E-state index in [1.165, 1.54) is 0 Å². The van der Waals surface area contributed by atoms with Crippen LogP contribution in [0.1, 0.15) is 22.7 Å². The van der Waals surface area contributed by atoms with Crippen LogP contribution in [0, 0.1) is 13.8 Å². The molecule has 1 atom stereocenters. The highest BCUT2D eigenvalue weighted by atomic mass is 79.9. The lowest BCUT2D eigenvalue weighted by atomic mass is 10.1. The number of nitrogens with one attached hydrogen (secondary N) is 1. The maximum Gasteiger partial charge on any atom is 0.241 e. The lowest BCUT2D eigenvalue weighted by molar-refractivity contribution is 0.0345. The number of rotatable bonds is 6. The molecule has 1 N–H and O–H groups in total. The highest BCUT2D eigenvalue weighted by Gasteiger charge is 2.24. The van der Waals surface area contributed by atoms with Crippen molar-refractivity contribution in [2.45, 2.75) is 24.8 Å². The van der Waals surface area contributed by atoms with Crippen LogP contribution in [0.4, 0.5) is 0 Å². The van der Waals surface area contributed by atoms with E-state index < -0.39 is 10.0 Å². The van der Waals surface area contributed by atoms with Crippen LogP contribution in [0.25, 0.3) is 0 Å². The van der Waals surface area contributed by atoms with Crippen LogP contribution < -0.4 is 4.72 Å². The predicted molar refractivity (Wildman–Crippen MR) is 118 cm³/mol. The maximum absolute atomic E-state index is 13.0. The summed E-state index contributed by atoms with van der Waals surface area (Å²) in [4.78, 5) is 2.52. The summed E-state index contributed by atoms with van der Waals surface area (Å²) in [5.41, 5.74) is 3.00. The first-order chi connectivity index (χ1) is 12.8. The van der Waals surface area contributed by atoms with Crippen molar-refractivity contribution in [1.29, 1.82) is 0 Å². The molecule has 1 fully saturated rings. The number of hydrogen-bond acceptors (Lipinski definition) is 4. The molecule has 1 heterocycles. The summed E-state index contributed by atoms with van der Waals surface area (Å²) in [6, 6.07) is 12.8. The van der Waals surface area contributed by atoms with Gasteiger partial charge in [0.15, 0.2) is 0 Å². The second-order valence-electron chi connectivity index (χ2n) is 6.91. The Labute approximate surface area is 182 Å². The average Bonchev–Trinajstić information content (AvgIpc) is 2.64. The number of hydrogen-bond donors (Lipinski definition) is 1. The van der Waals surface area contributed by atoms with Gasteiger partial charge in [0.1, 0.15) is 0 Å². The van der Waals surface area contributed by atoms with Crippen molar-refractivity contribution in [3.8, 4) is 0 Å². The summed E-state index contributed by atoms with van der Waals surface area (Å²) in [6.45, 7) is 7.49. The van der Waals surface area contributed by atoms with Crippen molar-refractivity contribution in [2.75, 3.05) is 32.8 Å².